The molecular weight excluding hydrogens is 734 g/mol. The molecule has 1 aromatic heterocycles. The maximum atomic E-state index is 11.9. The van der Waals surface area contributed by atoms with Crippen LogP contribution in [0.2, 0.25) is 0 Å². The van der Waals surface area contributed by atoms with Crippen molar-refractivity contribution in [2.75, 3.05) is 132 Å². The smallest absolute Gasteiger partial charge is 0.407 e. The molecule has 23 heteroatoms. The average Bonchev–Trinajstić information content (AvgIpc) is 3.65. The van der Waals surface area contributed by atoms with Crippen LogP contribution in [-0.2, 0) is 75.1 Å². The van der Waals surface area contributed by atoms with Crippen molar-refractivity contribution in [3.8, 4) is 0 Å². The normalized spacial score (nSPS) is 10.7. The Morgan fingerprint density at radius 3 is 1.55 bits per heavy atom. The van der Waals surface area contributed by atoms with E-state index in [0.717, 1.165) is 13.0 Å². The van der Waals surface area contributed by atoms with Gasteiger partial charge in [-0.15, -0.1) is 10.3 Å². The van der Waals surface area contributed by atoms with Crippen molar-refractivity contribution < 1.29 is 66.7 Å². The molecule has 55 heavy (non-hydrogen) atoms. The van der Waals surface area contributed by atoms with Crippen LogP contribution in [0.1, 0.15) is 19.0 Å². The van der Waals surface area contributed by atoms with Crippen LogP contribution in [-0.4, -0.2) is 183 Å². The molecule has 0 aliphatic rings. The first-order valence-electron chi connectivity index (χ1n) is 17.8. The molecule has 0 aliphatic heterocycles. The fourth-order valence-electron chi connectivity index (χ4n) is 3.67. The molecule has 0 aromatic carbocycles. The summed E-state index contributed by atoms with van der Waals surface area (Å²) >= 11 is 0. The Balaban J connectivity index is 1.91. The number of aromatic nitrogens is 3. The number of carbonyl (C=O) groups is 5. The van der Waals surface area contributed by atoms with E-state index >= 15 is 0 Å². The van der Waals surface area contributed by atoms with Gasteiger partial charge in [-0.2, -0.15) is 0 Å². The van der Waals surface area contributed by atoms with Gasteiger partial charge in [0.15, 0.2) is 6.61 Å². The van der Waals surface area contributed by atoms with Gasteiger partial charge in [-0.1, -0.05) is 12.1 Å². The maximum absolute atomic E-state index is 11.9. The van der Waals surface area contributed by atoms with Gasteiger partial charge in [0.25, 0.3) is 5.91 Å². The molecule has 0 fully saturated rings. The molecule has 5 amide bonds. The third kappa shape index (κ3) is 31.5. The number of ether oxygens (including phenoxy) is 8. The van der Waals surface area contributed by atoms with E-state index in [1.165, 1.54) is 0 Å². The number of carbonyl (C=O) groups excluding carboxylic acids is 5. The van der Waals surface area contributed by atoms with Gasteiger partial charge in [-0.05, 0) is 6.42 Å². The Bertz CT molecular complexity index is 1190. The van der Waals surface area contributed by atoms with Crippen molar-refractivity contribution in [1.29, 1.82) is 0 Å². The van der Waals surface area contributed by atoms with Gasteiger partial charge < -0.3 is 69.3 Å². The number of hydrogen-bond acceptors (Lipinski definition) is 17. The molecule has 1 heterocycles. The fraction of sp³-hybridized carbons (Fsp3) is 0.750. The highest BCUT2D eigenvalue weighted by Gasteiger charge is 2.10. The highest BCUT2D eigenvalue weighted by Crippen LogP contribution is 1.97. The molecule has 1 aromatic rings. The number of nitrogens with zero attached hydrogens (tertiary/aromatic N) is 4. The Kier molecular flexibility index (Phi) is 31.0. The first-order valence-corrected chi connectivity index (χ1v) is 17.8. The second-order valence-electron chi connectivity index (χ2n) is 10.8. The Morgan fingerprint density at radius 1 is 0.618 bits per heavy atom. The SMILES string of the molecule is C=NOCC(=O)NCC(=O)NCC(=O)NCC(=O)NCCNC(=O)OCc1cn(CCOCCOCCOCCOCCOCCOCCOCCC)nn1. The fourth-order valence-corrected chi connectivity index (χ4v) is 3.67. The minimum atomic E-state index is -0.723. The molecule has 5 N–H and O–H groups in total. The zero-order valence-corrected chi connectivity index (χ0v) is 31.6. The van der Waals surface area contributed by atoms with Gasteiger partial charge in [-0.3, -0.25) is 19.2 Å². The van der Waals surface area contributed by atoms with Crippen LogP contribution in [0.5, 0.6) is 0 Å². The lowest BCUT2D eigenvalue weighted by atomic mass is 10.4. The molecule has 0 spiro atoms. The van der Waals surface area contributed by atoms with Crippen molar-refractivity contribution in [3.05, 3.63) is 11.9 Å². The lowest BCUT2D eigenvalue weighted by Crippen LogP contribution is -2.45. The third-order valence-electron chi connectivity index (χ3n) is 6.32. The lowest BCUT2D eigenvalue weighted by Gasteiger charge is -2.09. The van der Waals surface area contributed by atoms with Gasteiger partial charge in [0, 0.05) is 26.4 Å². The van der Waals surface area contributed by atoms with E-state index in [1.54, 1.807) is 10.9 Å². The predicted molar refractivity (Wildman–Crippen MR) is 192 cm³/mol. The van der Waals surface area contributed by atoms with Crippen LogP contribution < -0.4 is 26.6 Å². The lowest BCUT2D eigenvalue weighted by molar-refractivity contribution is -0.130. The molecule has 0 aliphatic carbocycles. The molecule has 0 radical (unpaired) electrons. The minimum absolute atomic E-state index is 0.0637. The minimum Gasteiger partial charge on any atom is -0.443 e. The molecule has 0 saturated heterocycles. The summed E-state index contributed by atoms with van der Waals surface area (Å²) in [5, 5.41) is 22.8. The largest absolute Gasteiger partial charge is 0.443 e. The Morgan fingerprint density at radius 2 is 1.05 bits per heavy atom. The maximum Gasteiger partial charge on any atom is 0.407 e. The van der Waals surface area contributed by atoms with E-state index in [4.69, 9.17) is 37.9 Å². The summed E-state index contributed by atoms with van der Waals surface area (Å²) in [6.07, 6.45) is 1.90. The number of oxime groups is 1. The molecule has 314 valence electrons. The molecule has 0 bridgehead atoms. The zero-order valence-electron chi connectivity index (χ0n) is 31.6. The van der Waals surface area contributed by atoms with Crippen molar-refractivity contribution in [3.63, 3.8) is 0 Å². The topological polar surface area (TPSA) is 272 Å². The molecule has 23 nitrogen and oxygen atoms in total. The first kappa shape index (κ1) is 48.5. The Labute approximate surface area is 320 Å². The second kappa shape index (κ2) is 35.2. The van der Waals surface area contributed by atoms with E-state index in [0.29, 0.717) is 98.1 Å². The summed E-state index contributed by atoms with van der Waals surface area (Å²) in [6, 6.07) is 0. The highest BCUT2D eigenvalue weighted by molar-refractivity contribution is 5.90. The van der Waals surface area contributed by atoms with Crippen molar-refractivity contribution in [1.82, 2.24) is 41.6 Å². The summed E-state index contributed by atoms with van der Waals surface area (Å²) in [6.45, 7) is 11.0. The van der Waals surface area contributed by atoms with Crippen LogP contribution in [0.4, 0.5) is 4.79 Å². The van der Waals surface area contributed by atoms with Gasteiger partial charge in [0.1, 0.15) is 12.3 Å². The first-order chi connectivity index (χ1) is 26.8. The number of nitrogens with one attached hydrogen (secondary N) is 5. The van der Waals surface area contributed by atoms with E-state index in [9.17, 15) is 24.0 Å². The van der Waals surface area contributed by atoms with Gasteiger partial charge in [-0.25, -0.2) is 9.48 Å². The number of amides is 5. The summed E-state index contributed by atoms with van der Waals surface area (Å²) in [7, 11) is 0. The van der Waals surface area contributed by atoms with E-state index in [-0.39, 0.29) is 32.8 Å². The van der Waals surface area contributed by atoms with Crippen LogP contribution in [0.3, 0.4) is 0 Å². The highest BCUT2D eigenvalue weighted by atomic mass is 16.6. The van der Waals surface area contributed by atoms with E-state index in [2.05, 4.69) is 60.5 Å². The molecule has 0 unspecified atom stereocenters. The van der Waals surface area contributed by atoms with Gasteiger partial charge >= 0.3 is 6.09 Å². The summed E-state index contributed by atoms with van der Waals surface area (Å²) in [5.74, 6) is -2.36. The number of alkyl carbamates (subject to hydrolysis) is 1. The molecule has 1 rings (SSSR count). The standard InChI is InChI=1S/C32H57N9O14/c1-3-7-47-9-11-49-13-15-51-17-19-53-20-18-52-16-14-50-12-10-48-8-6-41-24-27(39-40-41)25-54-32(46)35-5-4-34-28(42)21-36-29(43)22-37-30(44)23-38-31(45)26-55-33-2/h24H,2-23,25-26H2,1H3,(H,34,42)(H,35,46)(H,36,43)(H,37,44)(H,38,45). The second-order valence-corrected chi connectivity index (χ2v) is 10.8. The molecule has 0 atom stereocenters. The number of rotatable bonds is 37. The third-order valence-corrected chi connectivity index (χ3v) is 6.32. The summed E-state index contributed by atoms with van der Waals surface area (Å²) < 4.78 is 44.7. The molecule has 0 saturated carbocycles. The quantitative estimate of drug-likeness (QED) is 0.0257. The summed E-state index contributed by atoms with van der Waals surface area (Å²) in [5.41, 5.74) is 0.433. The van der Waals surface area contributed by atoms with Crippen LogP contribution in [0, 0.1) is 0 Å². The summed E-state index contributed by atoms with van der Waals surface area (Å²) in [4.78, 5) is 63.0. The van der Waals surface area contributed by atoms with Gasteiger partial charge in [0.05, 0.1) is 118 Å². The average molecular weight is 792 g/mol. The van der Waals surface area contributed by atoms with Crippen LogP contribution in [0.15, 0.2) is 11.4 Å². The molecular formula is C32H57N9O14. The van der Waals surface area contributed by atoms with Crippen LogP contribution >= 0.6 is 0 Å². The van der Waals surface area contributed by atoms with Crippen molar-refractivity contribution >= 4 is 36.4 Å². The van der Waals surface area contributed by atoms with E-state index < -0.39 is 42.9 Å². The predicted octanol–water partition coefficient (Wildman–Crippen LogP) is -2.87. The van der Waals surface area contributed by atoms with Crippen molar-refractivity contribution in [2.45, 2.75) is 26.5 Å². The number of hydrogen-bond donors (Lipinski definition) is 5. The van der Waals surface area contributed by atoms with Crippen molar-refractivity contribution in [2.24, 2.45) is 5.16 Å². The zero-order chi connectivity index (χ0) is 40.0. The van der Waals surface area contributed by atoms with Crippen LogP contribution in [0.25, 0.3) is 0 Å². The monoisotopic (exact) mass is 791 g/mol. The van der Waals surface area contributed by atoms with Gasteiger partial charge in [0.2, 0.25) is 17.7 Å². The van der Waals surface area contributed by atoms with E-state index in [1.807, 2.05) is 0 Å². The Hall–Kier alpha value is -4.52.